The molecule has 2 aromatic rings. The number of aryl methyl sites for hydroxylation is 1. The maximum absolute atomic E-state index is 5.59. The minimum absolute atomic E-state index is 0.211. The van der Waals surface area contributed by atoms with Gasteiger partial charge in [-0.2, -0.15) is 0 Å². The minimum Gasteiger partial charge on any atom is -0.491 e. The summed E-state index contributed by atoms with van der Waals surface area (Å²) in [4.78, 5) is 4.10. The van der Waals surface area contributed by atoms with Crippen molar-refractivity contribution in [3.05, 3.63) is 36.8 Å². The Kier molecular flexibility index (Phi) is 2.95. The molecule has 1 heterocycles. The molecule has 0 saturated carbocycles. The third kappa shape index (κ3) is 2.24. The van der Waals surface area contributed by atoms with Gasteiger partial charge < -0.3 is 9.30 Å². The first kappa shape index (κ1) is 10.7. The summed E-state index contributed by atoms with van der Waals surface area (Å²) in [6.45, 7) is 4.05. The number of imidazole rings is 1. The lowest BCUT2D eigenvalue weighted by Gasteiger charge is -2.10. The third-order valence-electron chi connectivity index (χ3n) is 2.34. The van der Waals surface area contributed by atoms with E-state index in [1.807, 2.05) is 43.8 Å². The van der Waals surface area contributed by atoms with Crippen LogP contribution in [0, 0.1) is 0 Å². The molecule has 0 radical (unpaired) electrons. The van der Waals surface area contributed by atoms with Crippen LogP contribution in [0.4, 0.5) is 0 Å². The van der Waals surface area contributed by atoms with Crippen LogP contribution >= 0.6 is 0 Å². The highest BCUT2D eigenvalue weighted by atomic mass is 16.5. The SMILES string of the molecule is CC(C)Oc1ccc(-c2cncn2C)cc1. The number of hydrogen-bond donors (Lipinski definition) is 0. The summed E-state index contributed by atoms with van der Waals surface area (Å²) in [6, 6.07) is 8.08. The van der Waals surface area contributed by atoms with Crippen molar-refractivity contribution in [1.29, 1.82) is 0 Å². The smallest absolute Gasteiger partial charge is 0.119 e. The molecule has 0 bridgehead atoms. The molecule has 1 aromatic carbocycles. The van der Waals surface area contributed by atoms with Crippen molar-refractivity contribution in [3.8, 4) is 17.0 Å². The van der Waals surface area contributed by atoms with Crippen molar-refractivity contribution < 1.29 is 4.74 Å². The molecule has 0 saturated heterocycles. The zero-order valence-corrected chi connectivity index (χ0v) is 9.84. The first-order valence-electron chi connectivity index (χ1n) is 5.40. The number of ether oxygens (including phenoxy) is 1. The predicted molar refractivity (Wildman–Crippen MR) is 64.4 cm³/mol. The van der Waals surface area contributed by atoms with Crippen LogP contribution in [0.15, 0.2) is 36.8 Å². The Morgan fingerprint density at radius 1 is 1.19 bits per heavy atom. The maximum Gasteiger partial charge on any atom is 0.119 e. The molecule has 16 heavy (non-hydrogen) atoms. The molecule has 3 nitrogen and oxygen atoms in total. The van der Waals surface area contributed by atoms with Gasteiger partial charge in [0.05, 0.1) is 24.3 Å². The zero-order chi connectivity index (χ0) is 11.5. The highest BCUT2D eigenvalue weighted by Crippen LogP contribution is 2.21. The summed E-state index contributed by atoms with van der Waals surface area (Å²) in [5, 5.41) is 0. The van der Waals surface area contributed by atoms with E-state index in [-0.39, 0.29) is 6.10 Å². The summed E-state index contributed by atoms with van der Waals surface area (Å²) in [5.74, 6) is 0.904. The molecular formula is C13H16N2O. The zero-order valence-electron chi connectivity index (χ0n) is 9.84. The first-order chi connectivity index (χ1) is 7.66. The molecule has 0 amide bonds. The Labute approximate surface area is 95.7 Å². The molecule has 0 spiro atoms. The first-order valence-corrected chi connectivity index (χ1v) is 5.40. The molecule has 84 valence electrons. The second-order valence-electron chi connectivity index (χ2n) is 4.08. The van der Waals surface area contributed by atoms with Gasteiger partial charge in [-0.3, -0.25) is 0 Å². The quantitative estimate of drug-likeness (QED) is 0.788. The van der Waals surface area contributed by atoms with E-state index in [2.05, 4.69) is 17.1 Å². The fraction of sp³-hybridized carbons (Fsp3) is 0.308. The number of rotatable bonds is 3. The van der Waals surface area contributed by atoms with E-state index in [0.717, 1.165) is 17.0 Å². The van der Waals surface area contributed by atoms with Crippen LogP contribution < -0.4 is 4.74 Å². The summed E-state index contributed by atoms with van der Waals surface area (Å²) in [6.07, 6.45) is 3.87. The lowest BCUT2D eigenvalue weighted by Crippen LogP contribution is -2.05. The molecule has 0 fully saturated rings. The molecule has 0 aliphatic heterocycles. The number of aromatic nitrogens is 2. The Balaban J connectivity index is 2.23. The van der Waals surface area contributed by atoms with Crippen LogP contribution in [0.1, 0.15) is 13.8 Å². The topological polar surface area (TPSA) is 27.1 Å². The van der Waals surface area contributed by atoms with E-state index >= 15 is 0 Å². The average molecular weight is 216 g/mol. The van der Waals surface area contributed by atoms with Crippen LogP contribution in [0.25, 0.3) is 11.3 Å². The minimum atomic E-state index is 0.211. The molecule has 0 atom stereocenters. The fourth-order valence-electron chi connectivity index (χ4n) is 1.61. The summed E-state index contributed by atoms with van der Waals surface area (Å²) in [5.41, 5.74) is 2.26. The Bertz CT molecular complexity index is 457. The Morgan fingerprint density at radius 3 is 2.38 bits per heavy atom. The Morgan fingerprint density at radius 2 is 1.88 bits per heavy atom. The van der Waals surface area contributed by atoms with E-state index in [0.29, 0.717) is 0 Å². The predicted octanol–water partition coefficient (Wildman–Crippen LogP) is 2.87. The van der Waals surface area contributed by atoms with Gasteiger partial charge in [-0.25, -0.2) is 4.98 Å². The summed E-state index contributed by atoms with van der Waals surface area (Å²) in [7, 11) is 1.99. The van der Waals surface area contributed by atoms with Gasteiger partial charge >= 0.3 is 0 Å². The van der Waals surface area contributed by atoms with E-state index in [9.17, 15) is 0 Å². The fourth-order valence-corrected chi connectivity index (χ4v) is 1.61. The highest BCUT2D eigenvalue weighted by Gasteiger charge is 2.03. The van der Waals surface area contributed by atoms with Crippen molar-refractivity contribution in [2.45, 2.75) is 20.0 Å². The van der Waals surface area contributed by atoms with Gasteiger partial charge in [0, 0.05) is 12.6 Å². The third-order valence-corrected chi connectivity index (χ3v) is 2.34. The van der Waals surface area contributed by atoms with Crippen molar-refractivity contribution in [2.75, 3.05) is 0 Å². The van der Waals surface area contributed by atoms with Gasteiger partial charge in [0.2, 0.25) is 0 Å². The van der Waals surface area contributed by atoms with Crippen LogP contribution in [0.2, 0.25) is 0 Å². The van der Waals surface area contributed by atoms with Crippen LogP contribution in [-0.2, 0) is 7.05 Å². The molecule has 3 heteroatoms. The molecular weight excluding hydrogens is 200 g/mol. The second kappa shape index (κ2) is 4.39. The maximum atomic E-state index is 5.59. The van der Waals surface area contributed by atoms with E-state index < -0.39 is 0 Å². The lowest BCUT2D eigenvalue weighted by molar-refractivity contribution is 0.242. The van der Waals surface area contributed by atoms with E-state index in [1.165, 1.54) is 0 Å². The summed E-state index contributed by atoms with van der Waals surface area (Å²) >= 11 is 0. The van der Waals surface area contributed by atoms with E-state index in [1.54, 1.807) is 6.33 Å². The highest BCUT2D eigenvalue weighted by molar-refractivity contribution is 5.59. The van der Waals surface area contributed by atoms with Gasteiger partial charge in [-0.1, -0.05) is 0 Å². The van der Waals surface area contributed by atoms with Gasteiger partial charge in [-0.05, 0) is 38.1 Å². The van der Waals surface area contributed by atoms with Gasteiger partial charge in [0.1, 0.15) is 5.75 Å². The van der Waals surface area contributed by atoms with Crippen molar-refractivity contribution in [1.82, 2.24) is 9.55 Å². The summed E-state index contributed by atoms with van der Waals surface area (Å²) < 4.78 is 7.59. The van der Waals surface area contributed by atoms with Crippen molar-refractivity contribution in [2.24, 2.45) is 7.05 Å². The van der Waals surface area contributed by atoms with E-state index in [4.69, 9.17) is 4.74 Å². The number of benzene rings is 1. The van der Waals surface area contributed by atoms with Gasteiger partial charge in [0.25, 0.3) is 0 Å². The number of nitrogens with zero attached hydrogens (tertiary/aromatic N) is 2. The Hall–Kier alpha value is -1.77. The van der Waals surface area contributed by atoms with Gasteiger partial charge in [0.15, 0.2) is 0 Å². The average Bonchev–Trinajstić information content (AvgIpc) is 2.65. The lowest BCUT2D eigenvalue weighted by atomic mass is 10.1. The molecule has 0 N–H and O–H groups in total. The monoisotopic (exact) mass is 216 g/mol. The normalized spacial score (nSPS) is 10.8. The molecule has 2 rings (SSSR count). The molecule has 0 unspecified atom stereocenters. The number of hydrogen-bond acceptors (Lipinski definition) is 2. The van der Waals surface area contributed by atoms with Crippen LogP contribution in [0.5, 0.6) is 5.75 Å². The second-order valence-corrected chi connectivity index (χ2v) is 4.08. The van der Waals surface area contributed by atoms with Crippen LogP contribution in [0.3, 0.4) is 0 Å². The molecule has 0 aliphatic carbocycles. The molecule has 0 aliphatic rings. The standard InChI is InChI=1S/C13H16N2O/c1-10(2)16-12-6-4-11(5-7-12)13-8-14-9-15(13)3/h4-10H,1-3H3. The molecule has 1 aromatic heterocycles. The van der Waals surface area contributed by atoms with Gasteiger partial charge in [-0.15, -0.1) is 0 Å². The largest absolute Gasteiger partial charge is 0.491 e. The van der Waals surface area contributed by atoms with Crippen molar-refractivity contribution in [3.63, 3.8) is 0 Å². The van der Waals surface area contributed by atoms with Crippen molar-refractivity contribution >= 4 is 0 Å². The van der Waals surface area contributed by atoms with Crippen LogP contribution in [-0.4, -0.2) is 15.7 Å².